The lowest BCUT2D eigenvalue weighted by Crippen LogP contribution is -1.93. The molecule has 3 nitrogen and oxygen atoms in total. The quantitative estimate of drug-likeness (QED) is 0.181. The molecule has 0 spiro atoms. The summed E-state index contributed by atoms with van der Waals surface area (Å²) in [6.45, 7) is 0. The third-order valence-electron chi connectivity index (χ3n) is 11.5. The van der Waals surface area contributed by atoms with Crippen LogP contribution in [0.1, 0.15) is 0 Å². The van der Waals surface area contributed by atoms with E-state index in [1.165, 1.54) is 99.0 Å². The van der Waals surface area contributed by atoms with E-state index in [4.69, 9.17) is 4.98 Å². The maximum absolute atomic E-state index is 4.80. The maximum atomic E-state index is 4.80. The molecule has 1 aliphatic rings. The SMILES string of the molecule is c1ccc(-n2c3ccccc3c3cc(-c4ccc5c(c4)c4cc(-c6cc7c8c(nccc8c6)-c6ccccc6-7)ccc4n5-c4ccccc4)ccc32)cc1. The molecular weight excluding hydrogens is 655 g/mol. The number of aromatic nitrogens is 3. The molecule has 0 saturated heterocycles. The molecule has 1 aliphatic carbocycles. The molecule has 0 atom stereocenters. The van der Waals surface area contributed by atoms with Crippen molar-refractivity contribution in [2.45, 2.75) is 0 Å². The van der Waals surface area contributed by atoms with Gasteiger partial charge in [0.2, 0.25) is 0 Å². The average Bonchev–Trinajstić information content (AvgIpc) is 3.87. The monoisotopic (exact) mass is 685 g/mol. The number of benzene rings is 8. The van der Waals surface area contributed by atoms with Gasteiger partial charge in [-0.3, -0.25) is 4.98 Å². The van der Waals surface area contributed by atoms with Gasteiger partial charge in [-0.2, -0.15) is 0 Å². The highest BCUT2D eigenvalue weighted by Gasteiger charge is 2.23. The minimum atomic E-state index is 1.08. The molecule has 0 fully saturated rings. The number of hydrogen-bond donors (Lipinski definition) is 0. The Kier molecular flexibility index (Phi) is 6.05. The first-order valence-electron chi connectivity index (χ1n) is 18.5. The van der Waals surface area contributed by atoms with Crippen molar-refractivity contribution in [1.29, 1.82) is 0 Å². The van der Waals surface area contributed by atoms with E-state index in [2.05, 4.69) is 191 Å². The van der Waals surface area contributed by atoms with Crippen molar-refractivity contribution in [3.05, 3.63) is 188 Å². The first kappa shape index (κ1) is 29.4. The predicted octanol–water partition coefficient (Wildman–Crippen LogP) is 13.4. The highest BCUT2D eigenvalue weighted by atomic mass is 15.0. The Morgan fingerprint density at radius 2 is 0.833 bits per heavy atom. The number of pyridine rings is 1. The third-order valence-corrected chi connectivity index (χ3v) is 11.5. The van der Waals surface area contributed by atoms with Gasteiger partial charge in [0.25, 0.3) is 0 Å². The van der Waals surface area contributed by atoms with Crippen molar-refractivity contribution >= 4 is 54.4 Å². The highest BCUT2D eigenvalue weighted by Crippen LogP contribution is 2.48. The summed E-state index contributed by atoms with van der Waals surface area (Å²) in [7, 11) is 0. The van der Waals surface area contributed by atoms with Crippen LogP contribution in [0.2, 0.25) is 0 Å². The fourth-order valence-corrected chi connectivity index (χ4v) is 9.07. The first-order chi connectivity index (χ1) is 26.8. The lowest BCUT2D eigenvalue weighted by Gasteiger charge is -2.10. The summed E-state index contributed by atoms with van der Waals surface area (Å²) >= 11 is 0. The smallest absolute Gasteiger partial charge is 0.0792 e. The Bertz CT molecular complexity index is 3310. The summed E-state index contributed by atoms with van der Waals surface area (Å²) in [5, 5.41) is 7.46. The molecule has 3 heterocycles. The lowest BCUT2D eigenvalue weighted by atomic mass is 9.95. The third kappa shape index (κ3) is 4.15. The number of rotatable bonds is 4. The molecule has 0 saturated carbocycles. The Hall–Kier alpha value is -7.23. The molecule has 0 unspecified atom stereocenters. The van der Waals surface area contributed by atoms with Crippen LogP contribution in [-0.2, 0) is 0 Å². The second kappa shape index (κ2) is 11.1. The summed E-state index contributed by atoms with van der Waals surface area (Å²) in [5.74, 6) is 0. The summed E-state index contributed by atoms with van der Waals surface area (Å²) in [4.78, 5) is 4.80. The second-order valence-corrected chi connectivity index (χ2v) is 14.4. The normalized spacial score (nSPS) is 12.1. The average molecular weight is 686 g/mol. The molecule has 0 radical (unpaired) electrons. The number of nitrogens with zero attached hydrogens (tertiary/aromatic N) is 3. The van der Waals surface area contributed by atoms with E-state index >= 15 is 0 Å². The number of para-hydroxylation sites is 3. The molecule has 0 aliphatic heterocycles. The molecule has 11 aromatic rings. The summed E-state index contributed by atoms with van der Waals surface area (Å²) in [6.07, 6.45) is 1.95. The molecule has 0 N–H and O–H groups in total. The zero-order valence-corrected chi connectivity index (χ0v) is 29.2. The molecule has 3 aromatic heterocycles. The van der Waals surface area contributed by atoms with Crippen LogP contribution >= 0.6 is 0 Å². The molecular formula is C51H31N3. The van der Waals surface area contributed by atoms with Crippen molar-refractivity contribution in [2.24, 2.45) is 0 Å². The van der Waals surface area contributed by atoms with Crippen LogP contribution < -0.4 is 0 Å². The minimum Gasteiger partial charge on any atom is -0.309 e. The highest BCUT2D eigenvalue weighted by molar-refractivity contribution is 6.16. The fourth-order valence-electron chi connectivity index (χ4n) is 9.07. The van der Waals surface area contributed by atoms with E-state index in [9.17, 15) is 0 Å². The molecule has 54 heavy (non-hydrogen) atoms. The van der Waals surface area contributed by atoms with E-state index in [0.29, 0.717) is 0 Å². The first-order valence-corrected chi connectivity index (χ1v) is 18.5. The van der Waals surface area contributed by atoms with Crippen molar-refractivity contribution in [3.63, 3.8) is 0 Å². The zero-order chi connectivity index (χ0) is 35.3. The fraction of sp³-hybridized carbons (Fsp3) is 0. The molecule has 250 valence electrons. The molecule has 0 bridgehead atoms. The summed E-state index contributed by atoms with van der Waals surface area (Å²) in [6, 6.07) is 66.5. The van der Waals surface area contributed by atoms with Crippen LogP contribution in [0.4, 0.5) is 0 Å². The van der Waals surface area contributed by atoms with E-state index in [-0.39, 0.29) is 0 Å². The Morgan fingerprint density at radius 3 is 1.46 bits per heavy atom. The number of fused-ring (bicyclic) bond motifs is 9. The van der Waals surface area contributed by atoms with Crippen LogP contribution in [0.5, 0.6) is 0 Å². The van der Waals surface area contributed by atoms with Gasteiger partial charge < -0.3 is 9.13 Å². The van der Waals surface area contributed by atoms with Crippen LogP contribution in [0.3, 0.4) is 0 Å². The van der Waals surface area contributed by atoms with E-state index in [1.807, 2.05) is 6.20 Å². The standard InChI is InChI=1S/C51H31N3/c1-3-11-37(12-4-1)53-46-18-10-9-16-40(46)42-28-32(19-22-47(42)53)33-20-23-48-43(29-33)44-30-34(21-24-49(44)54(48)38-13-5-2-6-14-38)36-27-35-25-26-52-51-41-17-8-7-15-39(41)45(31-36)50(35)51/h1-31H. The molecule has 12 rings (SSSR count). The van der Waals surface area contributed by atoms with Crippen LogP contribution in [-0.4, -0.2) is 14.1 Å². The van der Waals surface area contributed by atoms with Crippen LogP contribution in [0, 0.1) is 0 Å². The van der Waals surface area contributed by atoms with Crippen molar-refractivity contribution in [1.82, 2.24) is 14.1 Å². The van der Waals surface area contributed by atoms with Gasteiger partial charge >= 0.3 is 0 Å². The minimum absolute atomic E-state index is 1.08. The topological polar surface area (TPSA) is 22.8 Å². The van der Waals surface area contributed by atoms with Gasteiger partial charge in [0.05, 0.1) is 27.8 Å². The van der Waals surface area contributed by atoms with Gasteiger partial charge in [-0.05, 0) is 124 Å². The predicted molar refractivity (Wildman–Crippen MR) is 226 cm³/mol. The summed E-state index contributed by atoms with van der Waals surface area (Å²) < 4.78 is 4.78. The Balaban J connectivity index is 1.07. The van der Waals surface area contributed by atoms with E-state index < -0.39 is 0 Å². The zero-order valence-electron chi connectivity index (χ0n) is 29.2. The van der Waals surface area contributed by atoms with Gasteiger partial charge in [0, 0.05) is 50.1 Å². The van der Waals surface area contributed by atoms with Gasteiger partial charge in [0.15, 0.2) is 0 Å². The van der Waals surface area contributed by atoms with Crippen LogP contribution in [0.25, 0.3) is 110 Å². The number of hydrogen-bond acceptors (Lipinski definition) is 1. The molecule has 0 amide bonds. The van der Waals surface area contributed by atoms with Crippen molar-refractivity contribution in [3.8, 4) is 56.0 Å². The lowest BCUT2D eigenvalue weighted by molar-refractivity contribution is 1.18. The largest absolute Gasteiger partial charge is 0.309 e. The summed E-state index contributed by atoms with van der Waals surface area (Å²) in [5.41, 5.74) is 16.8. The van der Waals surface area contributed by atoms with E-state index in [1.54, 1.807) is 0 Å². The van der Waals surface area contributed by atoms with Crippen LogP contribution in [0.15, 0.2) is 188 Å². The molecule has 3 heteroatoms. The van der Waals surface area contributed by atoms with Crippen molar-refractivity contribution < 1.29 is 0 Å². The van der Waals surface area contributed by atoms with Gasteiger partial charge in [-0.15, -0.1) is 0 Å². The Morgan fingerprint density at radius 1 is 0.333 bits per heavy atom. The van der Waals surface area contributed by atoms with E-state index in [0.717, 1.165) is 11.4 Å². The van der Waals surface area contributed by atoms with Gasteiger partial charge in [0.1, 0.15) is 0 Å². The Labute approximate surface area is 311 Å². The van der Waals surface area contributed by atoms with Crippen molar-refractivity contribution in [2.75, 3.05) is 0 Å². The maximum Gasteiger partial charge on any atom is 0.0792 e. The molecule has 8 aromatic carbocycles. The second-order valence-electron chi connectivity index (χ2n) is 14.4. The van der Waals surface area contributed by atoms with Gasteiger partial charge in [-0.25, -0.2) is 0 Å². The van der Waals surface area contributed by atoms with Gasteiger partial charge in [-0.1, -0.05) is 97.1 Å².